The molecule has 178 valence electrons. The quantitative estimate of drug-likeness (QED) is 0.439. The first-order valence-corrected chi connectivity index (χ1v) is 12.0. The van der Waals surface area contributed by atoms with Crippen LogP contribution in [-0.2, 0) is 19.1 Å². The zero-order valence-corrected chi connectivity index (χ0v) is 20.3. The summed E-state index contributed by atoms with van der Waals surface area (Å²) in [5.74, 6) is 0.476. The van der Waals surface area contributed by atoms with Crippen molar-refractivity contribution in [3.63, 3.8) is 0 Å². The van der Waals surface area contributed by atoms with E-state index in [1.807, 2.05) is 42.6 Å². The third kappa shape index (κ3) is 7.56. The van der Waals surface area contributed by atoms with Gasteiger partial charge in [-0.05, 0) is 52.6 Å². The minimum absolute atomic E-state index is 0.0447. The molecule has 2 rings (SSSR count). The van der Waals surface area contributed by atoms with Gasteiger partial charge in [0, 0.05) is 43.4 Å². The van der Waals surface area contributed by atoms with E-state index < -0.39 is 5.41 Å². The normalized spacial score (nSPS) is 20.3. The number of hydrogen-bond donors (Lipinski definition) is 0. The average molecular weight is 438 g/mol. The van der Waals surface area contributed by atoms with E-state index in [1.165, 1.54) is 0 Å². The van der Waals surface area contributed by atoms with Gasteiger partial charge in [-0.1, -0.05) is 27.2 Å². The second kappa shape index (κ2) is 12.0. The van der Waals surface area contributed by atoms with Crippen LogP contribution in [0.25, 0.3) is 0 Å². The molecule has 2 amide bonds. The molecule has 2 aliphatic rings. The summed E-state index contributed by atoms with van der Waals surface area (Å²) in [4.78, 5) is 44.2. The van der Waals surface area contributed by atoms with Crippen LogP contribution in [0.3, 0.4) is 0 Å². The van der Waals surface area contributed by atoms with Crippen molar-refractivity contribution < 1.29 is 19.1 Å². The van der Waals surface area contributed by atoms with Crippen LogP contribution in [0.4, 0.5) is 0 Å². The van der Waals surface area contributed by atoms with Crippen LogP contribution < -0.4 is 0 Å². The average Bonchev–Trinajstić information content (AvgIpc) is 3.00. The fourth-order valence-corrected chi connectivity index (χ4v) is 4.81. The van der Waals surface area contributed by atoms with Crippen molar-refractivity contribution in [1.29, 1.82) is 0 Å². The second-order valence-electron chi connectivity index (χ2n) is 10.1. The first-order chi connectivity index (χ1) is 14.7. The highest BCUT2D eigenvalue weighted by Crippen LogP contribution is 2.32. The van der Waals surface area contributed by atoms with Crippen LogP contribution in [0.2, 0.25) is 0 Å². The third-order valence-electron chi connectivity index (χ3n) is 6.70. The standard InChI is InChI=1S/C24H43N3O4/c1-6-19(26-14-10-12-23(26)30)15-20(27-13-9-7-8-11-22(27)29)16-24(2,3)21(28)17-31-18-25(4)5/h19-20H,6-18H2,1-5H3. The Hall–Kier alpha value is -1.47. The highest BCUT2D eigenvalue weighted by molar-refractivity contribution is 5.85. The first kappa shape index (κ1) is 25.8. The zero-order chi connectivity index (χ0) is 23.0. The summed E-state index contributed by atoms with van der Waals surface area (Å²) >= 11 is 0. The van der Waals surface area contributed by atoms with Crippen molar-refractivity contribution in [2.75, 3.05) is 40.5 Å². The van der Waals surface area contributed by atoms with Crippen molar-refractivity contribution in [3.8, 4) is 0 Å². The molecule has 0 radical (unpaired) electrons. The van der Waals surface area contributed by atoms with Gasteiger partial charge in [-0.25, -0.2) is 0 Å². The Morgan fingerprint density at radius 1 is 1.00 bits per heavy atom. The molecule has 0 saturated carbocycles. The molecule has 0 aliphatic carbocycles. The Kier molecular flexibility index (Phi) is 9.94. The predicted molar refractivity (Wildman–Crippen MR) is 122 cm³/mol. The van der Waals surface area contributed by atoms with Crippen molar-refractivity contribution in [2.45, 2.75) is 90.6 Å². The summed E-state index contributed by atoms with van der Waals surface area (Å²) in [7, 11) is 3.81. The molecule has 0 aromatic carbocycles. The zero-order valence-electron chi connectivity index (χ0n) is 20.3. The van der Waals surface area contributed by atoms with E-state index in [1.54, 1.807) is 0 Å². The van der Waals surface area contributed by atoms with Gasteiger partial charge < -0.3 is 14.5 Å². The summed E-state index contributed by atoms with van der Waals surface area (Å²) in [6.45, 7) is 8.08. The van der Waals surface area contributed by atoms with E-state index in [9.17, 15) is 14.4 Å². The number of nitrogens with zero attached hydrogens (tertiary/aromatic N) is 3. The van der Waals surface area contributed by atoms with E-state index in [0.29, 0.717) is 26.0 Å². The van der Waals surface area contributed by atoms with Crippen LogP contribution in [-0.4, -0.2) is 84.9 Å². The molecule has 0 bridgehead atoms. The Morgan fingerprint density at radius 3 is 2.23 bits per heavy atom. The molecule has 7 nitrogen and oxygen atoms in total. The van der Waals surface area contributed by atoms with Gasteiger partial charge in [-0.15, -0.1) is 0 Å². The van der Waals surface area contributed by atoms with Gasteiger partial charge in [0.15, 0.2) is 5.78 Å². The molecule has 2 heterocycles. The molecule has 7 heteroatoms. The van der Waals surface area contributed by atoms with Gasteiger partial charge in [0.2, 0.25) is 11.8 Å². The first-order valence-electron chi connectivity index (χ1n) is 12.0. The largest absolute Gasteiger partial charge is 0.358 e. The van der Waals surface area contributed by atoms with Crippen LogP contribution in [0, 0.1) is 5.41 Å². The topological polar surface area (TPSA) is 70.2 Å². The Bertz CT molecular complexity index is 620. The maximum Gasteiger partial charge on any atom is 0.222 e. The van der Waals surface area contributed by atoms with E-state index >= 15 is 0 Å². The summed E-state index contributed by atoms with van der Waals surface area (Å²) in [5, 5.41) is 0. The van der Waals surface area contributed by atoms with E-state index in [2.05, 4.69) is 6.92 Å². The van der Waals surface area contributed by atoms with Crippen molar-refractivity contribution in [3.05, 3.63) is 0 Å². The smallest absolute Gasteiger partial charge is 0.222 e. The fraction of sp³-hybridized carbons (Fsp3) is 0.875. The lowest BCUT2D eigenvalue weighted by atomic mass is 9.79. The number of carbonyl (C=O) groups is 3. The Labute approximate surface area is 188 Å². The molecule has 2 saturated heterocycles. The minimum Gasteiger partial charge on any atom is -0.358 e. The van der Waals surface area contributed by atoms with E-state index in [0.717, 1.165) is 51.6 Å². The van der Waals surface area contributed by atoms with Crippen LogP contribution in [0.15, 0.2) is 0 Å². The molecule has 0 N–H and O–H groups in total. The van der Waals surface area contributed by atoms with Gasteiger partial charge in [-0.3, -0.25) is 19.3 Å². The fourth-order valence-electron chi connectivity index (χ4n) is 4.81. The molecular weight excluding hydrogens is 394 g/mol. The number of likely N-dealkylation sites (tertiary alicyclic amines) is 2. The highest BCUT2D eigenvalue weighted by Gasteiger charge is 2.38. The van der Waals surface area contributed by atoms with Crippen molar-refractivity contribution >= 4 is 17.6 Å². The third-order valence-corrected chi connectivity index (χ3v) is 6.70. The Balaban J connectivity index is 2.16. The van der Waals surface area contributed by atoms with Gasteiger partial charge in [0.1, 0.15) is 6.61 Å². The van der Waals surface area contributed by atoms with Gasteiger partial charge in [0.05, 0.1) is 6.73 Å². The maximum absolute atomic E-state index is 13.0. The lowest BCUT2D eigenvalue weighted by Gasteiger charge is -2.39. The predicted octanol–water partition coefficient (Wildman–Crippen LogP) is 3.07. The Morgan fingerprint density at radius 2 is 1.61 bits per heavy atom. The number of carbonyl (C=O) groups excluding carboxylic acids is 3. The second-order valence-corrected chi connectivity index (χ2v) is 10.1. The monoisotopic (exact) mass is 437 g/mol. The van der Waals surface area contributed by atoms with Crippen LogP contribution in [0.1, 0.15) is 78.6 Å². The number of rotatable bonds is 12. The summed E-state index contributed by atoms with van der Waals surface area (Å²) < 4.78 is 5.55. The SMILES string of the molecule is CCC(CC(CC(C)(C)C(=O)COCN(C)C)N1CCCCCC1=O)N1CCCC1=O. The van der Waals surface area contributed by atoms with Crippen LogP contribution in [0.5, 0.6) is 0 Å². The molecule has 0 aromatic rings. The summed E-state index contributed by atoms with van der Waals surface area (Å²) in [5.41, 5.74) is -0.600. The molecule has 0 aromatic heterocycles. The lowest BCUT2D eigenvalue weighted by Crippen LogP contribution is -2.48. The molecule has 0 spiro atoms. The number of amides is 2. The number of ketones is 1. The lowest BCUT2D eigenvalue weighted by molar-refractivity contribution is -0.139. The highest BCUT2D eigenvalue weighted by atomic mass is 16.5. The van der Waals surface area contributed by atoms with Gasteiger partial charge in [-0.2, -0.15) is 0 Å². The molecule has 31 heavy (non-hydrogen) atoms. The number of hydrogen-bond acceptors (Lipinski definition) is 5. The molecule has 2 fully saturated rings. The van der Waals surface area contributed by atoms with E-state index in [4.69, 9.17) is 4.74 Å². The van der Waals surface area contributed by atoms with Gasteiger partial charge in [0.25, 0.3) is 0 Å². The molecular formula is C24H43N3O4. The van der Waals surface area contributed by atoms with Gasteiger partial charge >= 0.3 is 0 Å². The number of Topliss-reactive ketones (excluding diaryl/α,β-unsaturated/α-hetero) is 1. The van der Waals surface area contributed by atoms with Crippen molar-refractivity contribution in [2.24, 2.45) is 5.41 Å². The number of ether oxygens (including phenoxy) is 1. The summed E-state index contributed by atoms with van der Waals surface area (Å²) in [6, 6.07) is 0.0729. The minimum atomic E-state index is -0.600. The van der Waals surface area contributed by atoms with E-state index in [-0.39, 0.29) is 36.3 Å². The molecule has 2 aliphatic heterocycles. The van der Waals surface area contributed by atoms with Crippen molar-refractivity contribution in [1.82, 2.24) is 14.7 Å². The molecule has 2 atom stereocenters. The maximum atomic E-state index is 13.0. The molecule has 2 unspecified atom stereocenters. The van der Waals surface area contributed by atoms with Crippen LogP contribution >= 0.6 is 0 Å². The summed E-state index contributed by atoms with van der Waals surface area (Å²) in [6.07, 6.45) is 7.32.